The number of methoxy groups -OCH3 is 1. The molecule has 1 aromatic carbocycles. The summed E-state index contributed by atoms with van der Waals surface area (Å²) in [7, 11) is 1.62. The molecule has 0 unspecified atom stereocenters. The second kappa shape index (κ2) is 8.26. The van der Waals surface area contributed by atoms with Crippen LogP contribution in [0.1, 0.15) is 35.1 Å². The number of nitrogens with zero attached hydrogens (tertiary/aromatic N) is 2. The third-order valence-electron chi connectivity index (χ3n) is 6.53. The van der Waals surface area contributed by atoms with E-state index < -0.39 is 5.54 Å². The summed E-state index contributed by atoms with van der Waals surface area (Å²) in [5, 5.41) is 6.01. The molecule has 32 heavy (non-hydrogen) atoms. The third kappa shape index (κ3) is 3.57. The highest BCUT2D eigenvalue weighted by molar-refractivity contribution is 7.09. The molecule has 0 spiro atoms. The Kier molecular flexibility index (Phi) is 5.43. The van der Waals surface area contributed by atoms with E-state index in [1.165, 1.54) is 0 Å². The van der Waals surface area contributed by atoms with Crippen LogP contribution >= 0.6 is 11.3 Å². The molecule has 0 bridgehead atoms. The highest BCUT2D eigenvalue weighted by atomic mass is 32.1. The number of fused-ring (bicyclic) bond motifs is 3. The van der Waals surface area contributed by atoms with E-state index in [1.54, 1.807) is 23.3 Å². The normalized spacial score (nSPS) is 22.9. The largest absolute Gasteiger partial charge is 0.497 e. The molecule has 0 saturated carbocycles. The van der Waals surface area contributed by atoms with Crippen LogP contribution in [0.2, 0.25) is 0 Å². The van der Waals surface area contributed by atoms with E-state index in [4.69, 9.17) is 9.47 Å². The van der Waals surface area contributed by atoms with Crippen molar-refractivity contribution in [3.8, 4) is 5.75 Å². The molecular formula is C24H27N3O4S. The number of hydrogen-bond donors (Lipinski definition) is 1. The molecule has 2 amide bonds. The SMILES string of the molecule is COc1ccc2cc3n(c2c1)C[C@@](C)(C(=O)NC[C@@H]1CCCO1)N(Cc1cccs1)C3=O. The molecule has 0 radical (unpaired) electrons. The van der Waals surface area contributed by atoms with Crippen LogP contribution in [0, 0.1) is 0 Å². The minimum atomic E-state index is -1.04. The molecule has 0 aliphatic carbocycles. The van der Waals surface area contributed by atoms with E-state index >= 15 is 0 Å². The minimum Gasteiger partial charge on any atom is -0.497 e. The van der Waals surface area contributed by atoms with Gasteiger partial charge in [-0.25, -0.2) is 0 Å². The summed E-state index contributed by atoms with van der Waals surface area (Å²) < 4.78 is 13.0. The molecule has 7 nitrogen and oxygen atoms in total. The first-order valence-electron chi connectivity index (χ1n) is 10.9. The smallest absolute Gasteiger partial charge is 0.271 e. The van der Waals surface area contributed by atoms with Crippen LogP contribution < -0.4 is 10.1 Å². The quantitative estimate of drug-likeness (QED) is 0.621. The van der Waals surface area contributed by atoms with Crippen molar-refractivity contribution in [2.45, 2.75) is 44.5 Å². The van der Waals surface area contributed by atoms with Crippen LogP contribution in [0.4, 0.5) is 0 Å². The van der Waals surface area contributed by atoms with Gasteiger partial charge >= 0.3 is 0 Å². The Balaban J connectivity index is 1.53. The van der Waals surface area contributed by atoms with Gasteiger partial charge in [-0.05, 0) is 49.4 Å². The number of aromatic nitrogens is 1. The van der Waals surface area contributed by atoms with Gasteiger partial charge in [-0.2, -0.15) is 0 Å². The standard InChI is InChI=1S/C24H27N3O4S/c1-24(23(29)25-13-18-5-3-9-31-18)15-26-20-12-17(30-2)8-7-16(20)11-21(26)22(28)27(24)14-19-6-4-10-32-19/h4,6-8,10-12,18H,3,5,9,13-15H2,1-2H3,(H,25,29)/t18-,24-/m0/s1. The van der Waals surface area contributed by atoms with Crippen molar-refractivity contribution in [3.05, 3.63) is 52.3 Å². The van der Waals surface area contributed by atoms with Gasteiger partial charge in [0.25, 0.3) is 5.91 Å². The topological polar surface area (TPSA) is 72.8 Å². The number of nitrogens with one attached hydrogen (secondary N) is 1. The lowest BCUT2D eigenvalue weighted by Crippen LogP contribution is -2.63. The summed E-state index contributed by atoms with van der Waals surface area (Å²) in [6.07, 6.45) is 2.00. The Hall–Kier alpha value is -2.84. The van der Waals surface area contributed by atoms with Gasteiger partial charge in [-0.1, -0.05) is 6.07 Å². The highest BCUT2D eigenvalue weighted by Gasteiger charge is 2.47. The summed E-state index contributed by atoms with van der Waals surface area (Å²) in [6, 6.07) is 11.6. The van der Waals surface area contributed by atoms with Gasteiger partial charge in [-0.15, -0.1) is 11.3 Å². The van der Waals surface area contributed by atoms with Gasteiger partial charge in [0.2, 0.25) is 5.91 Å². The van der Waals surface area contributed by atoms with Crippen LogP contribution in [0.3, 0.4) is 0 Å². The lowest BCUT2D eigenvalue weighted by Gasteiger charge is -2.44. The highest BCUT2D eigenvalue weighted by Crippen LogP contribution is 2.35. The van der Waals surface area contributed by atoms with E-state index in [0.717, 1.165) is 41.0 Å². The van der Waals surface area contributed by atoms with Crippen molar-refractivity contribution in [2.24, 2.45) is 0 Å². The van der Waals surface area contributed by atoms with Crippen molar-refractivity contribution >= 4 is 34.1 Å². The summed E-state index contributed by atoms with van der Waals surface area (Å²) in [6.45, 7) is 3.82. The molecule has 2 atom stereocenters. The maximum atomic E-state index is 13.7. The second-order valence-corrected chi connectivity index (χ2v) is 9.66. The zero-order valence-corrected chi connectivity index (χ0v) is 19.1. The number of amides is 2. The fourth-order valence-corrected chi connectivity index (χ4v) is 5.36. The second-order valence-electron chi connectivity index (χ2n) is 8.63. The van der Waals surface area contributed by atoms with E-state index in [9.17, 15) is 9.59 Å². The van der Waals surface area contributed by atoms with Crippen molar-refractivity contribution in [2.75, 3.05) is 20.3 Å². The van der Waals surface area contributed by atoms with Gasteiger partial charge in [0.15, 0.2) is 0 Å². The number of thiophene rings is 1. The van der Waals surface area contributed by atoms with Crippen LogP contribution in [-0.4, -0.2) is 53.2 Å². The van der Waals surface area contributed by atoms with E-state index in [-0.39, 0.29) is 17.9 Å². The summed E-state index contributed by atoms with van der Waals surface area (Å²) in [5.74, 6) is 0.416. The monoisotopic (exact) mass is 453 g/mol. The molecule has 3 aromatic rings. The molecule has 2 aliphatic heterocycles. The maximum Gasteiger partial charge on any atom is 0.271 e. The molecule has 1 saturated heterocycles. The van der Waals surface area contributed by atoms with Gasteiger partial charge in [0.05, 0.1) is 31.8 Å². The molecule has 1 N–H and O–H groups in total. The average molecular weight is 454 g/mol. The number of benzene rings is 1. The Bertz CT molecular complexity index is 1150. The summed E-state index contributed by atoms with van der Waals surface area (Å²) in [5.41, 5.74) is 0.442. The van der Waals surface area contributed by atoms with Crippen molar-refractivity contribution in [3.63, 3.8) is 0 Å². The van der Waals surface area contributed by atoms with E-state index in [1.807, 2.05) is 53.3 Å². The lowest BCUT2D eigenvalue weighted by molar-refractivity contribution is -0.133. The van der Waals surface area contributed by atoms with Gasteiger partial charge in [0.1, 0.15) is 17.0 Å². The number of hydrogen-bond acceptors (Lipinski definition) is 5. The molecule has 4 heterocycles. The first-order chi connectivity index (χ1) is 15.5. The van der Waals surface area contributed by atoms with Crippen LogP contribution in [0.25, 0.3) is 10.9 Å². The predicted molar refractivity (Wildman–Crippen MR) is 123 cm³/mol. The lowest BCUT2D eigenvalue weighted by atomic mass is 9.94. The first kappa shape index (κ1) is 21.0. The average Bonchev–Trinajstić information content (AvgIpc) is 3.56. The predicted octanol–water partition coefficient (Wildman–Crippen LogP) is 3.42. The fourth-order valence-electron chi connectivity index (χ4n) is 4.67. The zero-order valence-electron chi connectivity index (χ0n) is 18.3. The van der Waals surface area contributed by atoms with Crippen LogP contribution in [0.5, 0.6) is 5.75 Å². The van der Waals surface area contributed by atoms with E-state index in [2.05, 4.69) is 5.32 Å². The fraction of sp³-hybridized carbons (Fsp3) is 0.417. The molecular weight excluding hydrogens is 426 g/mol. The maximum absolute atomic E-state index is 13.7. The number of rotatable bonds is 6. The van der Waals surface area contributed by atoms with Gasteiger partial charge < -0.3 is 24.3 Å². The molecule has 1 fully saturated rings. The molecule has 2 aliphatic rings. The molecule has 2 aromatic heterocycles. The number of ether oxygens (including phenoxy) is 2. The summed E-state index contributed by atoms with van der Waals surface area (Å²) in [4.78, 5) is 30.0. The number of carbonyl (C=O) groups excluding carboxylic acids is 2. The van der Waals surface area contributed by atoms with Gasteiger partial charge in [0, 0.05) is 29.5 Å². The van der Waals surface area contributed by atoms with Crippen LogP contribution in [-0.2, 0) is 22.6 Å². The third-order valence-corrected chi connectivity index (χ3v) is 7.40. The van der Waals surface area contributed by atoms with E-state index in [0.29, 0.717) is 25.3 Å². The van der Waals surface area contributed by atoms with Crippen molar-refractivity contribution in [1.82, 2.24) is 14.8 Å². The Morgan fingerprint density at radius 3 is 2.94 bits per heavy atom. The van der Waals surface area contributed by atoms with Crippen LogP contribution in [0.15, 0.2) is 41.8 Å². The van der Waals surface area contributed by atoms with Crippen molar-refractivity contribution < 1.29 is 19.1 Å². The minimum absolute atomic E-state index is 0.0415. The summed E-state index contributed by atoms with van der Waals surface area (Å²) >= 11 is 1.59. The van der Waals surface area contributed by atoms with Gasteiger partial charge in [-0.3, -0.25) is 9.59 Å². The van der Waals surface area contributed by atoms with Crippen molar-refractivity contribution in [1.29, 1.82) is 0 Å². The Morgan fingerprint density at radius 2 is 2.22 bits per heavy atom. The zero-order chi connectivity index (χ0) is 22.3. The number of carbonyl (C=O) groups is 2. The Labute approximate surface area is 190 Å². The molecule has 168 valence electrons. The molecule has 5 rings (SSSR count). The Morgan fingerprint density at radius 1 is 1.34 bits per heavy atom. The molecule has 8 heteroatoms. The first-order valence-corrected chi connectivity index (χ1v) is 11.8.